The van der Waals surface area contributed by atoms with Crippen molar-refractivity contribution in [2.75, 3.05) is 0 Å². The van der Waals surface area contributed by atoms with Gasteiger partial charge in [0.2, 0.25) is 0 Å². The lowest BCUT2D eigenvalue weighted by Gasteiger charge is -2.11. The van der Waals surface area contributed by atoms with Crippen LogP contribution in [0.15, 0.2) is 47.0 Å². The predicted octanol–water partition coefficient (Wildman–Crippen LogP) is 4.62. The molecule has 0 spiro atoms. The Morgan fingerprint density at radius 1 is 1.15 bits per heavy atom. The highest BCUT2D eigenvalue weighted by Crippen LogP contribution is 2.39. The Kier molecular flexibility index (Phi) is 3.51. The summed E-state index contributed by atoms with van der Waals surface area (Å²) in [6.07, 6.45) is 0. The molecule has 0 saturated heterocycles. The quantitative estimate of drug-likeness (QED) is 0.574. The lowest BCUT2D eigenvalue weighted by atomic mass is 10.0. The number of aromatic nitrogens is 2. The summed E-state index contributed by atoms with van der Waals surface area (Å²) < 4.78 is 21.0. The fourth-order valence-electron chi connectivity index (χ4n) is 3.30. The number of hydrogen-bond donors (Lipinski definition) is 1. The SMILES string of the molecule is Cc1noc(C)c1-c1c(C#N)c2cc(F)ccc2n1-c1ccc(O)cc1. The molecule has 5 nitrogen and oxygen atoms in total. The summed E-state index contributed by atoms with van der Waals surface area (Å²) >= 11 is 0. The van der Waals surface area contributed by atoms with Crippen LogP contribution in [-0.2, 0) is 0 Å². The minimum atomic E-state index is -0.415. The number of nitrogens with zero attached hydrogens (tertiary/aromatic N) is 3. The first-order valence-corrected chi connectivity index (χ1v) is 7.98. The first-order valence-electron chi connectivity index (χ1n) is 7.98. The van der Waals surface area contributed by atoms with Crippen LogP contribution >= 0.6 is 0 Å². The van der Waals surface area contributed by atoms with Crippen LogP contribution in [0.2, 0.25) is 0 Å². The molecule has 1 N–H and O–H groups in total. The summed E-state index contributed by atoms with van der Waals surface area (Å²) in [4.78, 5) is 0. The maximum Gasteiger partial charge on any atom is 0.143 e. The Morgan fingerprint density at radius 2 is 1.88 bits per heavy atom. The molecule has 4 aromatic rings. The van der Waals surface area contributed by atoms with Crippen molar-refractivity contribution >= 4 is 10.9 Å². The Morgan fingerprint density at radius 3 is 2.50 bits per heavy atom. The van der Waals surface area contributed by atoms with Crippen molar-refractivity contribution in [1.82, 2.24) is 9.72 Å². The van der Waals surface area contributed by atoms with Gasteiger partial charge in [0.25, 0.3) is 0 Å². The van der Waals surface area contributed by atoms with Gasteiger partial charge in [-0.15, -0.1) is 0 Å². The number of hydrogen-bond acceptors (Lipinski definition) is 4. The van der Waals surface area contributed by atoms with Crippen LogP contribution in [0.4, 0.5) is 4.39 Å². The number of halogens is 1. The van der Waals surface area contributed by atoms with Crippen LogP contribution in [-0.4, -0.2) is 14.8 Å². The third kappa shape index (κ3) is 2.25. The van der Waals surface area contributed by atoms with Crippen LogP contribution in [0.5, 0.6) is 5.75 Å². The largest absolute Gasteiger partial charge is 0.508 e. The number of aryl methyl sites for hydroxylation is 2. The lowest BCUT2D eigenvalue weighted by Crippen LogP contribution is -1.99. The molecular formula is C20H14FN3O2. The van der Waals surface area contributed by atoms with Crippen molar-refractivity contribution in [3.05, 3.63) is 65.3 Å². The Labute approximate surface area is 148 Å². The molecule has 0 aliphatic heterocycles. The summed E-state index contributed by atoms with van der Waals surface area (Å²) in [6, 6.07) is 13.2. The average Bonchev–Trinajstić information content (AvgIpc) is 3.11. The summed E-state index contributed by atoms with van der Waals surface area (Å²) in [5, 5.41) is 23.9. The molecule has 26 heavy (non-hydrogen) atoms. The summed E-state index contributed by atoms with van der Waals surface area (Å²) in [5.74, 6) is 0.292. The van der Waals surface area contributed by atoms with E-state index in [1.807, 2.05) is 4.57 Å². The van der Waals surface area contributed by atoms with E-state index in [0.717, 1.165) is 5.69 Å². The zero-order valence-electron chi connectivity index (χ0n) is 14.1. The van der Waals surface area contributed by atoms with Crippen LogP contribution in [0.3, 0.4) is 0 Å². The molecule has 0 saturated carbocycles. The van der Waals surface area contributed by atoms with Gasteiger partial charge in [0.15, 0.2) is 0 Å². The van der Waals surface area contributed by atoms with E-state index in [2.05, 4.69) is 11.2 Å². The van der Waals surface area contributed by atoms with Gasteiger partial charge < -0.3 is 14.2 Å². The molecule has 0 amide bonds. The third-order valence-electron chi connectivity index (χ3n) is 4.42. The number of rotatable bonds is 2. The smallest absolute Gasteiger partial charge is 0.143 e. The molecule has 2 aromatic carbocycles. The second-order valence-corrected chi connectivity index (χ2v) is 6.05. The highest BCUT2D eigenvalue weighted by molar-refractivity contribution is 5.96. The second-order valence-electron chi connectivity index (χ2n) is 6.05. The standard InChI is InChI=1S/C20H14FN3O2/c1-11-19(12(2)26-23-11)20-17(10-22)16-9-13(21)3-8-18(16)24(20)14-4-6-15(25)7-5-14/h3-9,25H,1-2H3. The summed E-state index contributed by atoms with van der Waals surface area (Å²) in [6.45, 7) is 3.57. The van der Waals surface area contributed by atoms with E-state index < -0.39 is 5.82 Å². The van der Waals surface area contributed by atoms with E-state index in [0.29, 0.717) is 39.2 Å². The van der Waals surface area contributed by atoms with Gasteiger partial charge in [-0.05, 0) is 56.3 Å². The number of nitriles is 1. The molecule has 0 aliphatic carbocycles. The molecule has 128 valence electrons. The van der Waals surface area contributed by atoms with E-state index in [1.165, 1.54) is 12.1 Å². The molecule has 0 fully saturated rings. The van der Waals surface area contributed by atoms with Gasteiger partial charge in [-0.1, -0.05) is 5.16 Å². The van der Waals surface area contributed by atoms with Crippen LogP contribution < -0.4 is 0 Å². The average molecular weight is 347 g/mol. The molecule has 2 heterocycles. The highest BCUT2D eigenvalue weighted by Gasteiger charge is 2.25. The molecule has 0 radical (unpaired) electrons. The first-order chi connectivity index (χ1) is 12.5. The fourth-order valence-corrected chi connectivity index (χ4v) is 3.30. The summed E-state index contributed by atoms with van der Waals surface area (Å²) in [5.41, 5.74) is 3.70. The lowest BCUT2D eigenvalue weighted by molar-refractivity contribution is 0.393. The van der Waals surface area contributed by atoms with E-state index in [1.54, 1.807) is 44.2 Å². The van der Waals surface area contributed by atoms with Gasteiger partial charge in [0.1, 0.15) is 23.4 Å². The van der Waals surface area contributed by atoms with Gasteiger partial charge in [-0.3, -0.25) is 0 Å². The first kappa shape index (κ1) is 15.9. The Hall–Kier alpha value is -3.59. The topological polar surface area (TPSA) is 75.0 Å². The molecule has 4 rings (SSSR count). The minimum absolute atomic E-state index is 0.135. The number of aromatic hydroxyl groups is 1. The van der Waals surface area contributed by atoms with Crippen molar-refractivity contribution < 1.29 is 14.0 Å². The zero-order valence-corrected chi connectivity index (χ0v) is 14.1. The number of benzene rings is 2. The van der Waals surface area contributed by atoms with Crippen molar-refractivity contribution in [2.24, 2.45) is 0 Å². The molecular weight excluding hydrogens is 333 g/mol. The number of phenols is 1. The van der Waals surface area contributed by atoms with Gasteiger partial charge >= 0.3 is 0 Å². The maximum atomic E-state index is 13.9. The Balaban J connectivity index is 2.20. The number of phenolic OH excluding ortho intramolecular Hbond substituents is 1. The normalized spacial score (nSPS) is 11.0. The molecule has 2 aromatic heterocycles. The van der Waals surface area contributed by atoms with E-state index in [9.17, 15) is 14.8 Å². The van der Waals surface area contributed by atoms with E-state index >= 15 is 0 Å². The zero-order chi connectivity index (χ0) is 18.4. The number of fused-ring (bicyclic) bond motifs is 1. The van der Waals surface area contributed by atoms with Gasteiger partial charge in [0, 0.05) is 11.1 Å². The van der Waals surface area contributed by atoms with Crippen molar-refractivity contribution in [1.29, 1.82) is 5.26 Å². The third-order valence-corrected chi connectivity index (χ3v) is 4.42. The molecule has 0 unspecified atom stereocenters. The monoisotopic (exact) mass is 347 g/mol. The van der Waals surface area contributed by atoms with Crippen LogP contribution in [0, 0.1) is 31.0 Å². The fraction of sp³-hybridized carbons (Fsp3) is 0.100. The van der Waals surface area contributed by atoms with E-state index in [-0.39, 0.29) is 5.75 Å². The minimum Gasteiger partial charge on any atom is -0.508 e. The van der Waals surface area contributed by atoms with Crippen LogP contribution in [0.25, 0.3) is 27.8 Å². The predicted molar refractivity (Wildman–Crippen MR) is 94.6 cm³/mol. The molecule has 6 heteroatoms. The highest BCUT2D eigenvalue weighted by atomic mass is 19.1. The molecule has 0 aliphatic rings. The van der Waals surface area contributed by atoms with Gasteiger partial charge in [-0.2, -0.15) is 5.26 Å². The summed E-state index contributed by atoms with van der Waals surface area (Å²) in [7, 11) is 0. The van der Waals surface area contributed by atoms with Gasteiger partial charge in [0.05, 0.1) is 28.0 Å². The molecule has 0 bridgehead atoms. The van der Waals surface area contributed by atoms with E-state index in [4.69, 9.17) is 4.52 Å². The molecule has 0 atom stereocenters. The maximum absolute atomic E-state index is 13.9. The van der Waals surface area contributed by atoms with Crippen molar-refractivity contribution in [2.45, 2.75) is 13.8 Å². The van der Waals surface area contributed by atoms with Crippen molar-refractivity contribution in [3.8, 4) is 28.8 Å². The van der Waals surface area contributed by atoms with Crippen LogP contribution in [0.1, 0.15) is 17.0 Å². The Bertz CT molecular complexity index is 1160. The second kappa shape index (κ2) is 5.74. The van der Waals surface area contributed by atoms with Crippen molar-refractivity contribution in [3.63, 3.8) is 0 Å². The van der Waals surface area contributed by atoms with Gasteiger partial charge in [-0.25, -0.2) is 4.39 Å².